The SMILES string of the molecule is CC(=O)N1CCC2(CC1)OC(=O)C(C)=C2C(=O)NCCN(C)C1CCCCC1. The third-order valence-corrected chi connectivity index (χ3v) is 6.62. The third kappa shape index (κ3) is 4.24. The largest absolute Gasteiger partial charge is 0.450 e. The van der Waals surface area contributed by atoms with Crippen LogP contribution >= 0.6 is 0 Å². The maximum Gasteiger partial charge on any atom is 0.335 e. The lowest BCUT2D eigenvalue weighted by Crippen LogP contribution is -2.50. The Hall–Kier alpha value is -1.89. The van der Waals surface area contributed by atoms with Gasteiger partial charge >= 0.3 is 5.97 Å². The molecule has 156 valence electrons. The number of ether oxygens (including phenoxy) is 1. The minimum Gasteiger partial charge on any atom is -0.450 e. The highest BCUT2D eigenvalue weighted by molar-refractivity contribution is 6.07. The summed E-state index contributed by atoms with van der Waals surface area (Å²) < 4.78 is 5.66. The van der Waals surface area contributed by atoms with Gasteiger partial charge in [0.05, 0.1) is 5.57 Å². The van der Waals surface area contributed by atoms with Crippen LogP contribution in [0.1, 0.15) is 58.8 Å². The molecule has 0 unspecified atom stereocenters. The number of likely N-dealkylation sites (N-methyl/N-ethyl adjacent to an activating group) is 1. The van der Waals surface area contributed by atoms with Crippen molar-refractivity contribution in [2.75, 3.05) is 33.2 Å². The van der Waals surface area contributed by atoms with Crippen LogP contribution in [0.3, 0.4) is 0 Å². The highest BCUT2D eigenvalue weighted by atomic mass is 16.6. The van der Waals surface area contributed by atoms with E-state index in [0.29, 0.717) is 49.7 Å². The molecule has 1 spiro atoms. The van der Waals surface area contributed by atoms with Crippen molar-refractivity contribution in [3.05, 3.63) is 11.1 Å². The summed E-state index contributed by atoms with van der Waals surface area (Å²) in [6.07, 6.45) is 7.30. The average molecular weight is 392 g/mol. The second-order valence-corrected chi connectivity index (χ2v) is 8.42. The van der Waals surface area contributed by atoms with Gasteiger partial charge in [-0.2, -0.15) is 0 Å². The van der Waals surface area contributed by atoms with Gasteiger partial charge < -0.3 is 19.9 Å². The van der Waals surface area contributed by atoms with Crippen LogP contribution in [0, 0.1) is 0 Å². The lowest BCUT2D eigenvalue weighted by atomic mass is 9.82. The van der Waals surface area contributed by atoms with E-state index >= 15 is 0 Å². The van der Waals surface area contributed by atoms with Gasteiger partial charge in [0.1, 0.15) is 5.60 Å². The molecule has 0 atom stereocenters. The minimum absolute atomic E-state index is 0.0108. The fourth-order valence-electron chi connectivity index (χ4n) is 4.80. The molecule has 1 aliphatic carbocycles. The fourth-order valence-corrected chi connectivity index (χ4v) is 4.80. The molecule has 2 amide bonds. The minimum atomic E-state index is -0.882. The molecule has 2 fully saturated rings. The Morgan fingerprint density at radius 1 is 1.21 bits per heavy atom. The van der Waals surface area contributed by atoms with Crippen molar-refractivity contribution in [2.24, 2.45) is 0 Å². The second kappa shape index (κ2) is 8.64. The second-order valence-electron chi connectivity index (χ2n) is 8.42. The summed E-state index contributed by atoms with van der Waals surface area (Å²) in [5.41, 5.74) is -0.0256. The normalized spacial score (nSPS) is 22.7. The molecule has 1 saturated carbocycles. The molecule has 7 heteroatoms. The predicted molar refractivity (Wildman–Crippen MR) is 106 cm³/mol. The van der Waals surface area contributed by atoms with Gasteiger partial charge in [-0.15, -0.1) is 0 Å². The van der Waals surface area contributed by atoms with E-state index in [1.54, 1.807) is 11.8 Å². The van der Waals surface area contributed by atoms with Crippen molar-refractivity contribution in [3.8, 4) is 0 Å². The molecule has 0 aromatic heterocycles. The molecule has 2 aliphatic heterocycles. The van der Waals surface area contributed by atoms with Gasteiger partial charge in [0, 0.05) is 57.6 Å². The highest BCUT2D eigenvalue weighted by Crippen LogP contribution is 2.41. The van der Waals surface area contributed by atoms with E-state index in [1.165, 1.54) is 39.0 Å². The molecule has 7 nitrogen and oxygen atoms in total. The molecule has 0 aromatic rings. The van der Waals surface area contributed by atoms with E-state index in [0.717, 1.165) is 6.54 Å². The molecule has 0 aromatic carbocycles. The zero-order valence-electron chi connectivity index (χ0n) is 17.4. The summed E-state index contributed by atoms with van der Waals surface area (Å²) in [7, 11) is 2.12. The van der Waals surface area contributed by atoms with Crippen LogP contribution in [-0.2, 0) is 19.1 Å². The Labute approximate surface area is 167 Å². The number of hydrogen-bond donors (Lipinski definition) is 1. The molecular weight excluding hydrogens is 358 g/mol. The fraction of sp³-hybridized carbons (Fsp3) is 0.762. The maximum absolute atomic E-state index is 12.9. The van der Waals surface area contributed by atoms with Crippen molar-refractivity contribution < 1.29 is 19.1 Å². The van der Waals surface area contributed by atoms with Crippen molar-refractivity contribution in [1.29, 1.82) is 0 Å². The molecule has 1 N–H and O–H groups in total. The zero-order valence-corrected chi connectivity index (χ0v) is 17.4. The first-order valence-electron chi connectivity index (χ1n) is 10.5. The van der Waals surface area contributed by atoms with Crippen LogP contribution in [0.2, 0.25) is 0 Å². The summed E-state index contributed by atoms with van der Waals surface area (Å²) in [6, 6.07) is 0.602. The topological polar surface area (TPSA) is 78.9 Å². The molecule has 28 heavy (non-hydrogen) atoms. The number of nitrogens with zero attached hydrogens (tertiary/aromatic N) is 2. The van der Waals surface area contributed by atoms with Gasteiger partial charge in [0.15, 0.2) is 0 Å². The van der Waals surface area contributed by atoms with E-state index in [4.69, 9.17) is 4.74 Å². The molecule has 3 rings (SSSR count). The summed E-state index contributed by atoms with van der Waals surface area (Å²) in [4.78, 5) is 40.8. The number of carbonyl (C=O) groups is 3. The molecule has 2 heterocycles. The van der Waals surface area contributed by atoms with Crippen molar-refractivity contribution in [2.45, 2.75) is 70.4 Å². The average Bonchev–Trinajstić information content (AvgIpc) is 2.92. The Kier molecular flexibility index (Phi) is 6.43. The number of piperidine rings is 1. The number of carbonyl (C=O) groups excluding carboxylic acids is 3. The first-order valence-corrected chi connectivity index (χ1v) is 10.5. The Morgan fingerprint density at radius 3 is 2.46 bits per heavy atom. The Bertz CT molecular complexity index is 659. The lowest BCUT2D eigenvalue weighted by molar-refractivity contribution is -0.152. The van der Waals surface area contributed by atoms with Crippen LogP contribution in [0.5, 0.6) is 0 Å². The van der Waals surface area contributed by atoms with Crippen LogP contribution in [0.25, 0.3) is 0 Å². The number of esters is 1. The van der Waals surface area contributed by atoms with Gasteiger partial charge in [0.2, 0.25) is 5.91 Å². The van der Waals surface area contributed by atoms with Crippen LogP contribution < -0.4 is 5.32 Å². The van der Waals surface area contributed by atoms with Gasteiger partial charge in [-0.3, -0.25) is 9.59 Å². The number of likely N-dealkylation sites (tertiary alicyclic amines) is 1. The number of amides is 2. The van der Waals surface area contributed by atoms with E-state index < -0.39 is 11.6 Å². The first kappa shape index (κ1) is 20.8. The van der Waals surface area contributed by atoms with Gasteiger partial charge in [-0.25, -0.2) is 4.79 Å². The van der Waals surface area contributed by atoms with E-state index in [2.05, 4.69) is 17.3 Å². The van der Waals surface area contributed by atoms with Gasteiger partial charge in [-0.05, 0) is 26.8 Å². The van der Waals surface area contributed by atoms with E-state index in [1.807, 2.05) is 0 Å². The zero-order chi connectivity index (χ0) is 20.3. The highest BCUT2D eigenvalue weighted by Gasteiger charge is 2.51. The molecule has 3 aliphatic rings. The van der Waals surface area contributed by atoms with Crippen LogP contribution in [-0.4, -0.2) is 72.5 Å². The standard InChI is InChI=1S/C21H33N3O4/c1-15-18(19(26)22-11-14-23(3)17-7-5-4-6-8-17)21(28-20(15)27)9-12-24(13-10-21)16(2)25/h17H,4-14H2,1-3H3,(H,22,26). The lowest BCUT2D eigenvalue weighted by Gasteiger charge is -2.39. The van der Waals surface area contributed by atoms with Gasteiger partial charge in [-0.1, -0.05) is 19.3 Å². The molecule has 0 radical (unpaired) electrons. The monoisotopic (exact) mass is 391 g/mol. The van der Waals surface area contributed by atoms with E-state index in [9.17, 15) is 14.4 Å². The smallest absolute Gasteiger partial charge is 0.335 e. The van der Waals surface area contributed by atoms with Gasteiger partial charge in [0.25, 0.3) is 5.91 Å². The maximum atomic E-state index is 12.9. The van der Waals surface area contributed by atoms with Crippen molar-refractivity contribution in [3.63, 3.8) is 0 Å². The quantitative estimate of drug-likeness (QED) is 0.721. The van der Waals surface area contributed by atoms with Crippen molar-refractivity contribution in [1.82, 2.24) is 15.1 Å². The molecular formula is C21H33N3O4. The third-order valence-electron chi connectivity index (χ3n) is 6.62. The Balaban J connectivity index is 1.59. The number of hydrogen-bond acceptors (Lipinski definition) is 5. The van der Waals surface area contributed by atoms with Crippen LogP contribution in [0.15, 0.2) is 11.1 Å². The summed E-state index contributed by atoms with van der Waals surface area (Å²) in [5, 5.41) is 3.00. The number of rotatable bonds is 5. The molecule has 0 bridgehead atoms. The van der Waals surface area contributed by atoms with E-state index in [-0.39, 0.29) is 11.8 Å². The van der Waals surface area contributed by atoms with Crippen LogP contribution in [0.4, 0.5) is 0 Å². The summed E-state index contributed by atoms with van der Waals surface area (Å²) in [5.74, 6) is -0.617. The number of nitrogens with one attached hydrogen (secondary N) is 1. The molecule has 1 saturated heterocycles. The summed E-state index contributed by atoms with van der Waals surface area (Å²) in [6.45, 7) is 5.54. The first-order chi connectivity index (χ1) is 13.3. The van der Waals surface area contributed by atoms with Crippen molar-refractivity contribution >= 4 is 17.8 Å². The summed E-state index contributed by atoms with van der Waals surface area (Å²) >= 11 is 0. The predicted octanol–water partition coefficient (Wildman–Crippen LogP) is 1.62. The Morgan fingerprint density at radius 2 is 1.86 bits per heavy atom.